The molecular weight excluding hydrogens is 662 g/mol. The topological polar surface area (TPSA) is 158 Å². The molecule has 2 aliphatic heterocycles. The molecule has 0 bridgehead atoms. The fourth-order valence-electron chi connectivity index (χ4n) is 5.49. The first kappa shape index (κ1) is 25.0. The first-order valence-corrected chi connectivity index (χ1v) is 17.1. The lowest BCUT2D eigenvalue weighted by Crippen LogP contribution is -2.59. The number of carbonyl (C=O) groups excluding carboxylic acids is 5. The molecule has 0 aliphatic carbocycles. The Labute approximate surface area is 327 Å². The van der Waals surface area contributed by atoms with Crippen molar-refractivity contribution >= 4 is 29.4 Å². The lowest BCUT2D eigenvalue weighted by atomic mass is 9.93. The van der Waals surface area contributed by atoms with E-state index < -0.39 is 124 Å². The van der Waals surface area contributed by atoms with Crippen molar-refractivity contribution in [1.82, 2.24) is 26.2 Å². The van der Waals surface area contributed by atoms with Gasteiger partial charge in [0.15, 0.2) is 5.78 Å². The monoisotopic (exact) mass is 734 g/mol. The van der Waals surface area contributed by atoms with Crippen molar-refractivity contribution in [2.24, 2.45) is 11.8 Å². The standard InChI is InChI=1S/C40H57N5O7/c1-27(2)22-32(36(47)40(5)26-52-40)42-39(50)34(24-30-14-10-7-11-15-30)44-38(49)33(23-28(3)4)43-37(48)31(17-16-29-12-8-6-9-13-29)41-35(46)25-45-18-20-51-21-19-45/h6-15,27-28,31-34H,16-26H2,1-5H3,(H,41,46)(H,42,50)(H,43,48)(H,44,49)/t31-,32+,33-,34-,40+/m0/s1/i1D3,2D3,20D2,21D2,26D2,27D,32D. The third kappa shape index (κ3) is 13.1. The summed E-state index contributed by atoms with van der Waals surface area (Å²) in [5.74, 6) is -9.34. The van der Waals surface area contributed by atoms with Crippen LogP contribution in [0.1, 0.15) is 84.1 Å². The molecular formula is C40H57N5O7. The number of benzene rings is 2. The summed E-state index contributed by atoms with van der Waals surface area (Å²) >= 11 is 0. The molecule has 2 aromatic rings. The molecule has 4 amide bonds. The van der Waals surface area contributed by atoms with Gasteiger partial charge in [-0.1, -0.05) is 88.2 Å². The van der Waals surface area contributed by atoms with Crippen molar-refractivity contribution in [3.63, 3.8) is 0 Å². The number of epoxide rings is 1. The normalized spacial score (nSPS) is 27.8. The van der Waals surface area contributed by atoms with Gasteiger partial charge in [0.25, 0.3) is 0 Å². The fourth-order valence-corrected chi connectivity index (χ4v) is 5.49. The summed E-state index contributed by atoms with van der Waals surface area (Å²) in [5, 5.41) is 9.83. The summed E-state index contributed by atoms with van der Waals surface area (Å²) in [6.07, 6.45) is -1.81. The SMILES string of the molecule is [2H]C1([2H])CN(CC(=O)N[C@@H](CCc2ccccc2)C(=O)N[C@@H](CC(C)C)C(=O)N[C@@H](Cc2ccccc2)C(=O)N[C@]([2H])(CC([2H])(C([2H])([2H])[2H])C([2H])([2H])[2H])C(=O)[C@]2(C)OC2([2H])[2H])CC([2H])([2H])O1. The summed E-state index contributed by atoms with van der Waals surface area (Å²) in [7, 11) is 0. The van der Waals surface area contributed by atoms with Gasteiger partial charge in [-0.3, -0.25) is 28.9 Å². The Morgan fingerprint density at radius 3 is 2.00 bits per heavy atom. The van der Waals surface area contributed by atoms with Crippen molar-refractivity contribution in [3.05, 3.63) is 71.8 Å². The number of nitrogens with zero attached hydrogens (tertiary/aromatic N) is 1. The molecule has 2 aliphatic rings. The number of nitrogens with one attached hydrogen (secondary N) is 4. The van der Waals surface area contributed by atoms with Gasteiger partial charge in [0.05, 0.1) is 41.8 Å². The molecule has 2 fully saturated rings. The van der Waals surface area contributed by atoms with Gasteiger partial charge in [-0.2, -0.15) is 0 Å². The summed E-state index contributed by atoms with van der Waals surface area (Å²) < 4.78 is 123. The third-order valence-electron chi connectivity index (χ3n) is 8.30. The number of ketones is 1. The first-order chi connectivity index (χ1) is 30.1. The maximum Gasteiger partial charge on any atom is 0.243 e. The van der Waals surface area contributed by atoms with E-state index in [-0.39, 0.29) is 31.6 Å². The molecule has 4 N–H and O–H groups in total. The first-order valence-electron chi connectivity index (χ1n) is 24.1. The number of hydrogen-bond acceptors (Lipinski definition) is 8. The quantitative estimate of drug-likeness (QED) is 0.151. The van der Waals surface area contributed by atoms with E-state index >= 15 is 0 Å². The molecule has 2 saturated heterocycles. The Balaban J connectivity index is 1.66. The van der Waals surface area contributed by atoms with Crippen molar-refractivity contribution in [1.29, 1.82) is 0 Å². The minimum atomic E-state index is -3.67. The minimum absolute atomic E-state index is 0.00552. The van der Waals surface area contributed by atoms with Gasteiger partial charge >= 0.3 is 0 Å². The molecule has 0 unspecified atom stereocenters. The lowest BCUT2D eigenvalue weighted by molar-refractivity contribution is -0.135. The van der Waals surface area contributed by atoms with Gasteiger partial charge in [-0.05, 0) is 55.5 Å². The molecule has 0 radical (unpaired) electrons. The number of ether oxygens (including phenoxy) is 2. The zero-order valence-electron chi connectivity index (χ0n) is 43.5. The van der Waals surface area contributed by atoms with Crippen LogP contribution in [-0.4, -0.2) is 103 Å². The average Bonchev–Trinajstić information content (AvgIpc) is 3.70. The van der Waals surface area contributed by atoms with Crippen LogP contribution >= 0.6 is 0 Å². The van der Waals surface area contributed by atoms with Crippen LogP contribution in [0.5, 0.6) is 0 Å². The zero-order chi connectivity index (χ0) is 49.9. The fraction of sp³-hybridized carbons (Fsp3) is 0.575. The Morgan fingerprint density at radius 2 is 1.40 bits per heavy atom. The van der Waals surface area contributed by atoms with E-state index in [1.54, 1.807) is 74.5 Å². The molecule has 2 heterocycles. The smallest absolute Gasteiger partial charge is 0.243 e. The van der Waals surface area contributed by atoms with Crippen molar-refractivity contribution in [3.8, 4) is 0 Å². The van der Waals surface area contributed by atoms with Crippen LogP contribution in [0.25, 0.3) is 0 Å². The third-order valence-corrected chi connectivity index (χ3v) is 8.30. The van der Waals surface area contributed by atoms with Gasteiger partial charge < -0.3 is 30.7 Å². The summed E-state index contributed by atoms with van der Waals surface area (Å²) in [6.45, 7) is -11.9. The number of rotatable bonds is 20. The predicted molar refractivity (Wildman–Crippen MR) is 198 cm³/mol. The summed E-state index contributed by atoms with van der Waals surface area (Å²) in [6, 6.07) is 9.15. The highest BCUT2D eigenvalue weighted by molar-refractivity contribution is 5.98. The average molecular weight is 734 g/mol. The van der Waals surface area contributed by atoms with Gasteiger partial charge in [0.2, 0.25) is 23.6 Å². The van der Waals surface area contributed by atoms with E-state index in [9.17, 15) is 25.3 Å². The van der Waals surface area contributed by atoms with Crippen LogP contribution in [0, 0.1) is 11.8 Å². The van der Waals surface area contributed by atoms with Crippen LogP contribution < -0.4 is 21.3 Å². The highest BCUT2D eigenvalue weighted by Crippen LogP contribution is 2.29. The Bertz CT molecular complexity index is 2030. The molecule has 4 rings (SSSR count). The van der Waals surface area contributed by atoms with Crippen molar-refractivity contribution in [2.45, 2.75) is 96.3 Å². The molecule has 0 saturated carbocycles. The Hall–Kier alpha value is -4.13. The largest absolute Gasteiger partial charge is 0.379 e. The highest BCUT2D eigenvalue weighted by Gasteiger charge is 2.50. The molecule has 0 aromatic heterocycles. The Morgan fingerprint density at radius 1 is 0.827 bits per heavy atom. The van der Waals surface area contributed by atoms with E-state index in [4.69, 9.17) is 27.3 Å². The highest BCUT2D eigenvalue weighted by atomic mass is 16.6. The number of carbonyl (C=O) groups is 5. The second kappa shape index (κ2) is 19.6. The minimum Gasteiger partial charge on any atom is -0.379 e. The second-order valence-electron chi connectivity index (χ2n) is 13.3. The number of hydrogen-bond donors (Lipinski definition) is 4. The molecule has 52 heavy (non-hydrogen) atoms. The molecule has 12 heteroatoms. The van der Waals surface area contributed by atoms with Gasteiger partial charge in [0.1, 0.15) is 23.7 Å². The molecule has 2 aromatic carbocycles. The molecule has 0 spiro atoms. The van der Waals surface area contributed by atoms with E-state index in [1.807, 2.05) is 5.32 Å². The van der Waals surface area contributed by atoms with Crippen molar-refractivity contribution < 1.29 is 52.6 Å². The molecule has 5 atom stereocenters. The zero-order valence-corrected chi connectivity index (χ0v) is 29.5. The van der Waals surface area contributed by atoms with Crippen LogP contribution in [0.4, 0.5) is 0 Å². The molecule has 12 nitrogen and oxygen atoms in total. The summed E-state index contributed by atoms with van der Waals surface area (Å²) in [4.78, 5) is 71.5. The van der Waals surface area contributed by atoms with Crippen LogP contribution in [0.2, 0.25) is 0 Å². The maximum atomic E-state index is 14.4. The molecule has 284 valence electrons. The second-order valence-corrected chi connectivity index (χ2v) is 13.3. The predicted octanol–water partition coefficient (Wildman–Crippen LogP) is 2.58. The van der Waals surface area contributed by atoms with E-state index in [2.05, 4.69) is 16.0 Å². The van der Waals surface area contributed by atoms with Crippen molar-refractivity contribution in [2.75, 3.05) is 39.3 Å². The van der Waals surface area contributed by atoms with E-state index in [0.29, 0.717) is 5.56 Å². The van der Waals surface area contributed by atoms with Gasteiger partial charge in [-0.15, -0.1) is 0 Å². The number of amides is 4. The van der Waals surface area contributed by atoms with Gasteiger partial charge in [0, 0.05) is 29.1 Å². The van der Waals surface area contributed by atoms with E-state index in [0.717, 1.165) is 12.5 Å². The number of Topliss-reactive ketones (excluding diaryl/α,β-unsaturated/α-hetero) is 1. The van der Waals surface area contributed by atoms with Gasteiger partial charge in [-0.25, -0.2) is 0 Å². The van der Waals surface area contributed by atoms with Crippen LogP contribution in [0.15, 0.2) is 60.7 Å². The number of morpholine rings is 1. The lowest BCUT2D eigenvalue weighted by Gasteiger charge is -2.29. The summed E-state index contributed by atoms with van der Waals surface area (Å²) in [5.41, 5.74) is -1.26. The number of aryl methyl sites for hydroxylation is 1. The van der Waals surface area contributed by atoms with Crippen LogP contribution in [0.3, 0.4) is 0 Å². The Kier molecular flexibility index (Phi) is 9.44. The van der Waals surface area contributed by atoms with E-state index in [1.165, 1.54) is 4.90 Å². The van der Waals surface area contributed by atoms with Crippen LogP contribution in [-0.2, 0) is 46.3 Å². The maximum absolute atomic E-state index is 14.4.